The standard InChI is InChI=1S/C22H16N2O5/c25-22(16-9-6-10-17(13-16)24(26)27)29-23-19-14-21(15-7-2-1-3-8-15)28-20-12-5-4-11-18(19)20/h1-13,21H,14H2. The van der Waals surface area contributed by atoms with Crippen molar-refractivity contribution in [2.24, 2.45) is 5.16 Å². The molecule has 0 fully saturated rings. The molecule has 7 nitrogen and oxygen atoms in total. The summed E-state index contributed by atoms with van der Waals surface area (Å²) in [6, 6.07) is 22.4. The van der Waals surface area contributed by atoms with Gasteiger partial charge in [0, 0.05) is 24.1 Å². The van der Waals surface area contributed by atoms with Gasteiger partial charge in [0.05, 0.1) is 16.2 Å². The first-order chi connectivity index (χ1) is 14.1. The Morgan fingerprint density at radius 3 is 2.59 bits per heavy atom. The molecule has 1 aliphatic rings. The number of ether oxygens (including phenoxy) is 1. The minimum absolute atomic E-state index is 0.0588. The number of nitro benzene ring substituents is 1. The smallest absolute Gasteiger partial charge is 0.365 e. The van der Waals surface area contributed by atoms with Crippen LogP contribution in [0.4, 0.5) is 5.69 Å². The Bertz CT molecular complexity index is 1100. The van der Waals surface area contributed by atoms with Crippen LogP contribution in [0.5, 0.6) is 5.75 Å². The summed E-state index contributed by atoms with van der Waals surface area (Å²) in [5.41, 5.74) is 2.17. The summed E-state index contributed by atoms with van der Waals surface area (Å²) in [5, 5.41) is 15.0. The summed E-state index contributed by atoms with van der Waals surface area (Å²) >= 11 is 0. The highest BCUT2D eigenvalue weighted by Crippen LogP contribution is 2.35. The van der Waals surface area contributed by atoms with E-state index in [0.29, 0.717) is 17.9 Å². The molecule has 0 radical (unpaired) electrons. The van der Waals surface area contributed by atoms with Gasteiger partial charge in [-0.3, -0.25) is 10.1 Å². The second-order valence-corrected chi connectivity index (χ2v) is 6.44. The van der Waals surface area contributed by atoms with E-state index in [2.05, 4.69) is 5.16 Å². The number of carbonyl (C=O) groups excluding carboxylic acids is 1. The topological polar surface area (TPSA) is 91.0 Å². The molecule has 3 aromatic rings. The third kappa shape index (κ3) is 3.98. The zero-order valence-electron chi connectivity index (χ0n) is 15.2. The number of oxime groups is 1. The molecule has 0 N–H and O–H groups in total. The number of nitrogens with zero attached hydrogens (tertiary/aromatic N) is 2. The predicted octanol–water partition coefficient (Wildman–Crippen LogP) is 4.68. The second kappa shape index (κ2) is 7.93. The fourth-order valence-electron chi connectivity index (χ4n) is 3.12. The molecule has 0 saturated heterocycles. The first-order valence-electron chi connectivity index (χ1n) is 8.95. The Labute approximate surface area is 166 Å². The number of para-hydroxylation sites is 1. The lowest BCUT2D eigenvalue weighted by Gasteiger charge is -2.27. The van der Waals surface area contributed by atoms with Crippen LogP contribution in [0.25, 0.3) is 0 Å². The largest absolute Gasteiger partial charge is 0.485 e. The normalized spacial score (nSPS) is 16.6. The molecule has 0 aliphatic carbocycles. The lowest BCUT2D eigenvalue weighted by molar-refractivity contribution is -0.384. The van der Waals surface area contributed by atoms with E-state index in [0.717, 1.165) is 17.2 Å². The van der Waals surface area contributed by atoms with Gasteiger partial charge in [0.1, 0.15) is 11.9 Å². The van der Waals surface area contributed by atoms with E-state index in [-0.39, 0.29) is 17.4 Å². The summed E-state index contributed by atoms with van der Waals surface area (Å²) < 4.78 is 6.09. The maximum Gasteiger partial charge on any atom is 0.365 e. The maximum absolute atomic E-state index is 12.3. The minimum atomic E-state index is -0.763. The van der Waals surface area contributed by atoms with Gasteiger partial charge in [-0.1, -0.05) is 53.7 Å². The fraction of sp³-hybridized carbons (Fsp3) is 0.0909. The van der Waals surface area contributed by atoms with Gasteiger partial charge in [0.15, 0.2) is 0 Å². The van der Waals surface area contributed by atoms with Crippen LogP contribution in [-0.2, 0) is 4.84 Å². The van der Waals surface area contributed by atoms with E-state index < -0.39 is 10.9 Å². The first kappa shape index (κ1) is 18.4. The van der Waals surface area contributed by atoms with Gasteiger partial charge in [0.2, 0.25) is 0 Å². The highest BCUT2D eigenvalue weighted by molar-refractivity contribution is 6.04. The van der Waals surface area contributed by atoms with Gasteiger partial charge >= 0.3 is 5.97 Å². The van der Waals surface area contributed by atoms with Crippen LogP contribution >= 0.6 is 0 Å². The number of fused-ring (bicyclic) bond motifs is 1. The number of hydrogen-bond donors (Lipinski definition) is 0. The van der Waals surface area contributed by atoms with Crippen molar-refractivity contribution >= 4 is 17.4 Å². The summed E-state index contributed by atoms with van der Waals surface area (Å²) in [6.45, 7) is 0. The Balaban J connectivity index is 1.60. The molecule has 144 valence electrons. The summed E-state index contributed by atoms with van der Waals surface area (Å²) in [4.78, 5) is 27.8. The van der Waals surface area contributed by atoms with Crippen LogP contribution in [0.2, 0.25) is 0 Å². The molecule has 29 heavy (non-hydrogen) atoms. The highest BCUT2D eigenvalue weighted by Gasteiger charge is 2.27. The van der Waals surface area contributed by atoms with Crippen LogP contribution < -0.4 is 4.74 Å². The van der Waals surface area contributed by atoms with Crippen molar-refractivity contribution in [3.8, 4) is 5.75 Å². The molecule has 1 aliphatic heterocycles. The summed E-state index contributed by atoms with van der Waals surface area (Å²) in [7, 11) is 0. The van der Waals surface area contributed by atoms with Gasteiger partial charge in [0.25, 0.3) is 5.69 Å². The lowest BCUT2D eigenvalue weighted by Crippen LogP contribution is -2.21. The molecule has 0 bridgehead atoms. The SMILES string of the molecule is O=C(ON=C1CC(c2ccccc2)Oc2ccccc21)c1cccc([N+](=O)[O-])c1. The van der Waals surface area contributed by atoms with E-state index in [1.165, 1.54) is 18.2 Å². The quantitative estimate of drug-likeness (QED) is 0.368. The maximum atomic E-state index is 12.3. The van der Waals surface area contributed by atoms with E-state index in [4.69, 9.17) is 9.57 Å². The molecule has 1 heterocycles. The van der Waals surface area contributed by atoms with E-state index >= 15 is 0 Å². The molecule has 1 unspecified atom stereocenters. The van der Waals surface area contributed by atoms with Crippen molar-refractivity contribution < 1.29 is 19.3 Å². The Morgan fingerprint density at radius 2 is 1.79 bits per heavy atom. The number of carbonyl (C=O) groups is 1. The second-order valence-electron chi connectivity index (χ2n) is 6.44. The Morgan fingerprint density at radius 1 is 1.03 bits per heavy atom. The monoisotopic (exact) mass is 388 g/mol. The summed E-state index contributed by atoms with van der Waals surface area (Å²) in [6.07, 6.45) is 0.157. The molecule has 3 aromatic carbocycles. The first-order valence-corrected chi connectivity index (χ1v) is 8.95. The predicted molar refractivity (Wildman–Crippen MR) is 106 cm³/mol. The molecule has 0 amide bonds. The van der Waals surface area contributed by atoms with Crippen LogP contribution in [0.3, 0.4) is 0 Å². The fourth-order valence-corrected chi connectivity index (χ4v) is 3.12. The molecule has 1 atom stereocenters. The van der Waals surface area contributed by atoms with Gasteiger partial charge in [-0.2, -0.15) is 0 Å². The molecular weight excluding hydrogens is 372 g/mol. The van der Waals surface area contributed by atoms with Crippen LogP contribution in [0.15, 0.2) is 84.0 Å². The average Bonchev–Trinajstić information content (AvgIpc) is 2.77. The van der Waals surface area contributed by atoms with Gasteiger partial charge in [-0.05, 0) is 23.8 Å². The van der Waals surface area contributed by atoms with Crippen molar-refractivity contribution in [2.45, 2.75) is 12.5 Å². The van der Waals surface area contributed by atoms with Crippen LogP contribution in [-0.4, -0.2) is 16.6 Å². The van der Waals surface area contributed by atoms with Crippen molar-refractivity contribution in [3.63, 3.8) is 0 Å². The van der Waals surface area contributed by atoms with E-state index in [1.807, 2.05) is 54.6 Å². The van der Waals surface area contributed by atoms with Crippen molar-refractivity contribution in [2.75, 3.05) is 0 Å². The van der Waals surface area contributed by atoms with Crippen molar-refractivity contribution in [1.29, 1.82) is 0 Å². The Hall–Kier alpha value is -4.00. The molecular formula is C22H16N2O5. The zero-order valence-corrected chi connectivity index (χ0v) is 15.2. The third-order valence-corrected chi connectivity index (χ3v) is 4.55. The lowest BCUT2D eigenvalue weighted by atomic mass is 9.96. The zero-order chi connectivity index (χ0) is 20.2. The van der Waals surface area contributed by atoms with Crippen molar-refractivity contribution in [3.05, 3.63) is 106 Å². The highest BCUT2D eigenvalue weighted by atomic mass is 16.7. The van der Waals surface area contributed by atoms with Gasteiger partial charge in [-0.15, -0.1) is 0 Å². The average molecular weight is 388 g/mol. The van der Waals surface area contributed by atoms with Gasteiger partial charge in [-0.25, -0.2) is 4.79 Å². The Kier molecular flexibility index (Phi) is 5.03. The van der Waals surface area contributed by atoms with E-state index in [1.54, 1.807) is 0 Å². The van der Waals surface area contributed by atoms with Crippen LogP contribution in [0, 0.1) is 10.1 Å². The number of nitro groups is 1. The molecule has 0 spiro atoms. The number of rotatable bonds is 4. The summed E-state index contributed by atoms with van der Waals surface area (Å²) in [5.74, 6) is -0.112. The molecule has 0 saturated carbocycles. The van der Waals surface area contributed by atoms with Gasteiger partial charge < -0.3 is 9.57 Å². The molecule has 0 aromatic heterocycles. The van der Waals surface area contributed by atoms with E-state index in [9.17, 15) is 14.9 Å². The van der Waals surface area contributed by atoms with Crippen molar-refractivity contribution in [1.82, 2.24) is 0 Å². The molecule has 4 rings (SSSR count). The number of hydrogen-bond acceptors (Lipinski definition) is 6. The third-order valence-electron chi connectivity index (χ3n) is 4.55. The minimum Gasteiger partial charge on any atom is -0.485 e. The van der Waals surface area contributed by atoms with Crippen LogP contribution in [0.1, 0.15) is 34.0 Å². The number of benzene rings is 3. The molecule has 7 heteroatoms. The number of non-ortho nitro benzene ring substituents is 1.